The van der Waals surface area contributed by atoms with Crippen LogP contribution in [0.25, 0.3) is 0 Å². The van der Waals surface area contributed by atoms with E-state index in [0.717, 1.165) is 25.2 Å². The van der Waals surface area contributed by atoms with Gasteiger partial charge in [0.25, 0.3) is 0 Å². The second-order valence-corrected chi connectivity index (χ2v) is 5.27. The van der Waals surface area contributed by atoms with Gasteiger partial charge in [-0.15, -0.1) is 0 Å². The Morgan fingerprint density at radius 2 is 1.71 bits per heavy atom. The number of esters is 1. The Bertz CT molecular complexity index is 176. The molecule has 0 saturated heterocycles. The molecule has 0 aliphatic heterocycles. The number of unbranched alkanes of at least 4 members (excludes halogenated alkanes) is 5. The maximum absolute atomic E-state index is 11.3. The van der Waals surface area contributed by atoms with Crippen molar-refractivity contribution >= 4 is 5.97 Å². The second kappa shape index (κ2) is 11.9. The van der Waals surface area contributed by atoms with Gasteiger partial charge in [0.1, 0.15) is 0 Å². The van der Waals surface area contributed by atoms with Crippen molar-refractivity contribution in [2.45, 2.75) is 78.6 Å². The molecule has 2 heteroatoms. The zero-order valence-corrected chi connectivity index (χ0v) is 12.0. The normalized spacial score (nSPS) is 10.8. The molecule has 0 bridgehead atoms. The molecule has 0 heterocycles. The SMILES string of the molecule is CCCCCCC(=O)OCCCCCC(C)C. The first kappa shape index (κ1) is 16.5. The van der Waals surface area contributed by atoms with Crippen molar-refractivity contribution in [2.75, 3.05) is 6.61 Å². The van der Waals surface area contributed by atoms with Gasteiger partial charge < -0.3 is 4.74 Å². The third-order valence-electron chi connectivity index (χ3n) is 2.92. The van der Waals surface area contributed by atoms with Crippen molar-refractivity contribution < 1.29 is 9.53 Å². The minimum atomic E-state index is -0.00929. The van der Waals surface area contributed by atoms with Gasteiger partial charge in [0.2, 0.25) is 0 Å². The molecule has 0 amide bonds. The minimum absolute atomic E-state index is 0.00929. The molecule has 0 radical (unpaired) electrons. The van der Waals surface area contributed by atoms with Crippen LogP contribution in [0.4, 0.5) is 0 Å². The van der Waals surface area contributed by atoms with Crippen LogP contribution >= 0.6 is 0 Å². The van der Waals surface area contributed by atoms with E-state index in [2.05, 4.69) is 20.8 Å². The molecule has 0 aromatic rings. The molecule has 0 spiro atoms. The molecule has 17 heavy (non-hydrogen) atoms. The predicted molar refractivity (Wildman–Crippen MR) is 73.0 cm³/mol. The van der Waals surface area contributed by atoms with Gasteiger partial charge in [-0.1, -0.05) is 59.3 Å². The molecule has 0 aliphatic carbocycles. The van der Waals surface area contributed by atoms with Crippen LogP contribution in [0.3, 0.4) is 0 Å². The summed E-state index contributed by atoms with van der Waals surface area (Å²) < 4.78 is 5.19. The molecule has 0 fully saturated rings. The van der Waals surface area contributed by atoms with E-state index >= 15 is 0 Å². The lowest BCUT2D eigenvalue weighted by Crippen LogP contribution is -2.05. The second-order valence-electron chi connectivity index (χ2n) is 5.27. The van der Waals surface area contributed by atoms with Crippen molar-refractivity contribution in [3.05, 3.63) is 0 Å². The maximum Gasteiger partial charge on any atom is 0.305 e. The largest absolute Gasteiger partial charge is 0.466 e. The Morgan fingerprint density at radius 3 is 2.35 bits per heavy atom. The summed E-state index contributed by atoms with van der Waals surface area (Å²) in [7, 11) is 0. The fraction of sp³-hybridized carbons (Fsp3) is 0.933. The lowest BCUT2D eigenvalue weighted by atomic mass is 10.1. The van der Waals surface area contributed by atoms with Crippen molar-refractivity contribution in [3.8, 4) is 0 Å². The predicted octanol–water partition coefficient (Wildman–Crippen LogP) is 4.72. The van der Waals surface area contributed by atoms with Crippen LogP contribution in [0.1, 0.15) is 78.6 Å². The van der Waals surface area contributed by atoms with Gasteiger partial charge in [0, 0.05) is 6.42 Å². The highest BCUT2D eigenvalue weighted by atomic mass is 16.5. The van der Waals surface area contributed by atoms with E-state index in [1.165, 1.54) is 32.1 Å². The number of hydrogen-bond acceptors (Lipinski definition) is 2. The smallest absolute Gasteiger partial charge is 0.305 e. The molecular weight excluding hydrogens is 212 g/mol. The number of rotatable bonds is 11. The standard InChI is InChI=1S/C15H30O2/c1-4-5-6-9-12-15(16)17-13-10-7-8-11-14(2)3/h14H,4-13H2,1-3H3. The highest BCUT2D eigenvalue weighted by Gasteiger charge is 2.02. The minimum Gasteiger partial charge on any atom is -0.466 e. The molecule has 0 unspecified atom stereocenters. The summed E-state index contributed by atoms with van der Waals surface area (Å²) in [6.07, 6.45) is 9.92. The van der Waals surface area contributed by atoms with Crippen molar-refractivity contribution in [1.82, 2.24) is 0 Å². The summed E-state index contributed by atoms with van der Waals surface area (Å²) in [5.74, 6) is 0.779. The van der Waals surface area contributed by atoms with Crippen molar-refractivity contribution in [1.29, 1.82) is 0 Å². The molecular formula is C15H30O2. The number of carbonyl (C=O) groups is 1. The number of carbonyl (C=O) groups excluding carboxylic acids is 1. The van der Waals surface area contributed by atoms with E-state index < -0.39 is 0 Å². The molecule has 0 aliphatic rings. The molecule has 0 N–H and O–H groups in total. The quantitative estimate of drug-likeness (QED) is 0.387. The van der Waals surface area contributed by atoms with E-state index in [1.54, 1.807) is 0 Å². The van der Waals surface area contributed by atoms with Gasteiger partial charge in [-0.2, -0.15) is 0 Å². The van der Waals surface area contributed by atoms with Gasteiger partial charge in [0.05, 0.1) is 6.61 Å². The first-order valence-corrected chi connectivity index (χ1v) is 7.32. The Balaban J connectivity index is 3.16. The van der Waals surface area contributed by atoms with E-state index in [1.807, 2.05) is 0 Å². The first-order valence-electron chi connectivity index (χ1n) is 7.32. The molecule has 0 aromatic heterocycles. The molecule has 0 aromatic carbocycles. The number of ether oxygens (including phenoxy) is 1. The summed E-state index contributed by atoms with van der Waals surface area (Å²) in [6, 6.07) is 0. The number of hydrogen-bond donors (Lipinski definition) is 0. The van der Waals surface area contributed by atoms with E-state index in [9.17, 15) is 4.79 Å². The van der Waals surface area contributed by atoms with Crippen LogP contribution in [0, 0.1) is 5.92 Å². The van der Waals surface area contributed by atoms with Gasteiger partial charge in [-0.3, -0.25) is 4.79 Å². The van der Waals surface area contributed by atoms with Gasteiger partial charge in [-0.05, 0) is 18.8 Å². The van der Waals surface area contributed by atoms with Gasteiger partial charge >= 0.3 is 5.97 Å². The molecule has 2 nitrogen and oxygen atoms in total. The van der Waals surface area contributed by atoms with Crippen LogP contribution < -0.4 is 0 Å². The van der Waals surface area contributed by atoms with Crippen molar-refractivity contribution in [3.63, 3.8) is 0 Å². The van der Waals surface area contributed by atoms with Crippen LogP contribution in [0.2, 0.25) is 0 Å². The zero-order valence-electron chi connectivity index (χ0n) is 12.0. The Hall–Kier alpha value is -0.530. The Morgan fingerprint density at radius 1 is 1.00 bits per heavy atom. The monoisotopic (exact) mass is 242 g/mol. The van der Waals surface area contributed by atoms with E-state index in [4.69, 9.17) is 4.74 Å². The maximum atomic E-state index is 11.3. The van der Waals surface area contributed by atoms with E-state index in [-0.39, 0.29) is 5.97 Å². The third-order valence-corrected chi connectivity index (χ3v) is 2.92. The molecule has 102 valence electrons. The molecule has 0 rings (SSSR count). The highest BCUT2D eigenvalue weighted by Crippen LogP contribution is 2.08. The zero-order chi connectivity index (χ0) is 12.9. The topological polar surface area (TPSA) is 26.3 Å². The van der Waals surface area contributed by atoms with Gasteiger partial charge in [-0.25, -0.2) is 0 Å². The lowest BCUT2D eigenvalue weighted by Gasteiger charge is -2.06. The highest BCUT2D eigenvalue weighted by molar-refractivity contribution is 5.69. The van der Waals surface area contributed by atoms with Crippen LogP contribution in [0.15, 0.2) is 0 Å². The summed E-state index contributed by atoms with van der Waals surface area (Å²) >= 11 is 0. The molecule has 0 atom stereocenters. The summed E-state index contributed by atoms with van der Waals surface area (Å²) in [4.78, 5) is 11.3. The van der Waals surface area contributed by atoms with Crippen LogP contribution in [-0.2, 0) is 9.53 Å². The lowest BCUT2D eigenvalue weighted by molar-refractivity contribution is -0.143. The van der Waals surface area contributed by atoms with Crippen LogP contribution in [-0.4, -0.2) is 12.6 Å². The summed E-state index contributed by atoms with van der Waals surface area (Å²) in [5, 5.41) is 0. The summed E-state index contributed by atoms with van der Waals surface area (Å²) in [6.45, 7) is 7.28. The van der Waals surface area contributed by atoms with Crippen molar-refractivity contribution in [2.24, 2.45) is 5.92 Å². The first-order chi connectivity index (χ1) is 8.16. The van der Waals surface area contributed by atoms with Gasteiger partial charge in [0.15, 0.2) is 0 Å². The van der Waals surface area contributed by atoms with Crippen LogP contribution in [0.5, 0.6) is 0 Å². The Kier molecular flexibility index (Phi) is 11.6. The third kappa shape index (κ3) is 13.4. The fourth-order valence-electron chi connectivity index (χ4n) is 1.79. The van der Waals surface area contributed by atoms with E-state index in [0.29, 0.717) is 13.0 Å². The Labute approximate surface area is 107 Å². The average Bonchev–Trinajstić information content (AvgIpc) is 2.29. The fourth-order valence-corrected chi connectivity index (χ4v) is 1.79. The molecule has 0 saturated carbocycles. The average molecular weight is 242 g/mol. The summed E-state index contributed by atoms with van der Waals surface area (Å²) in [5.41, 5.74) is 0.